The van der Waals surface area contributed by atoms with Crippen molar-refractivity contribution in [1.82, 2.24) is 10.2 Å². The Labute approximate surface area is 138 Å². The van der Waals surface area contributed by atoms with Crippen LogP contribution in [0.25, 0.3) is 0 Å². The first kappa shape index (κ1) is 15.7. The second-order valence-electron chi connectivity index (χ2n) is 6.43. The topological polar surface area (TPSA) is 15.3 Å². The zero-order valence-electron chi connectivity index (χ0n) is 13.9. The second kappa shape index (κ2) is 6.95. The Bertz CT molecular complexity index is 624. The SMILES string of the molecule is Cc1csc(C(c2ccc(C)cc2C)N2CCCNCC2)c1. The van der Waals surface area contributed by atoms with E-state index in [9.17, 15) is 0 Å². The summed E-state index contributed by atoms with van der Waals surface area (Å²) in [6.07, 6.45) is 1.23. The van der Waals surface area contributed by atoms with E-state index < -0.39 is 0 Å². The molecule has 0 radical (unpaired) electrons. The molecule has 3 heteroatoms. The Morgan fingerprint density at radius 2 is 1.91 bits per heavy atom. The summed E-state index contributed by atoms with van der Waals surface area (Å²) < 4.78 is 0. The monoisotopic (exact) mass is 314 g/mol. The van der Waals surface area contributed by atoms with Crippen molar-refractivity contribution >= 4 is 11.3 Å². The van der Waals surface area contributed by atoms with E-state index in [0.717, 1.165) is 19.6 Å². The Morgan fingerprint density at radius 1 is 1.05 bits per heavy atom. The molecule has 22 heavy (non-hydrogen) atoms. The van der Waals surface area contributed by atoms with Crippen LogP contribution in [0.2, 0.25) is 0 Å². The lowest BCUT2D eigenvalue weighted by atomic mass is 9.96. The lowest BCUT2D eigenvalue weighted by Gasteiger charge is -2.31. The van der Waals surface area contributed by atoms with Gasteiger partial charge >= 0.3 is 0 Å². The van der Waals surface area contributed by atoms with Crippen LogP contribution < -0.4 is 5.32 Å². The van der Waals surface area contributed by atoms with Gasteiger partial charge in [0.1, 0.15) is 0 Å². The first-order valence-electron chi connectivity index (χ1n) is 8.22. The van der Waals surface area contributed by atoms with E-state index in [-0.39, 0.29) is 0 Å². The standard InChI is InChI=1S/C19H26N2S/c1-14-5-6-17(16(3)11-14)19(18-12-15(2)13-22-18)21-9-4-7-20-8-10-21/h5-6,11-13,19-20H,4,7-10H2,1-3H3. The summed E-state index contributed by atoms with van der Waals surface area (Å²) in [5, 5.41) is 5.81. The fraction of sp³-hybridized carbons (Fsp3) is 0.474. The lowest BCUT2D eigenvalue weighted by Crippen LogP contribution is -2.33. The van der Waals surface area contributed by atoms with Gasteiger partial charge in [-0.3, -0.25) is 4.90 Å². The van der Waals surface area contributed by atoms with Crippen molar-refractivity contribution < 1.29 is 0 Å². The van der Waals surface area contributed by atoms with Crippen LogP contribution >= 0.6 is 11.3 Å². The van der Waals surface area contributed by atoms with E-state index in [1.165, 1.54) is 40.1 Å². The minimum absolute atomic E-state index is 0.402. The molecule has 0 aliphatic carbocycles. The minimum Gasteiger partial charge on any atom is -0.315 e. The molecule has 2 heterocycles. The first-order chi connectivity index (χ1) is 10.6. The van der Waals surface area contributed by atoms with Gasteiger partial charge in [0.05, 0.1) is 6.04 Å². The highest BCUT2D eigenvalue weighted by atomic mass is 32.1. The van der Waals surface area contributed by atoms with Gasteiger partial charge in [-0.1, -0.05) is 23.8 Å². The largest absolute Gasteiger partial charge is 0.315 e. The van der Waals surface area contributed by atoms with E-state index >= 15 is 0 Å². The fourth-order valence-corrected chi connectivity index (χ4v) is 4.43. The van der Waals surface area contributed by atoms with Gasteiger partial charge in [0.15, 0.2) is 0 Å². The van der Waals surface area contributed by atoms with Crippen LogP contribution in [0, 0.1) is 20.8 Å². The molecule has 1 aliphatic rings. The van der Waals surface area contributed by atoms with Crippen LogP contribution in [0.15, 0.2) is 29.6 Å². The molecule has 0 bridgehead atoms. The van der Waals surface area contributed by atoms with Crippen LogP contribution in [0.3, 0.4) is 0 Å². The van der Waals surface area contributed by atoms with Gasteiger partial charge in [0.2, 0.25) is 0 Å². The number of nitrogens with one attached hydrogen (secondary N) is 1. The van der Waals surface area contributed by atoms with Crippen molar-refractivity contribution in [2.45, 2.75) is 33.2 Å². The molecule has 1 aliphatic heterocycles. The van der Waals surface area contributed by atoms with Crippen molar-refractivity contribution in [3.05, 3.63) is 56.8 Å². The Balaban J connectivity index is 2.01. The van der Waals surface area contributed by atoms with Crippen molar-refractivity contribution in [3.8, 4) is 0 Å². The molecule has 0 amide bonds. The summed E-state index contributed by atoms with van der Waals surface area (Å²) in [4.78, 5) is 4.13. The van der Waals surface area contributed by atoms with Gasteiger partial charge in [-0.05, 0) is 61.9 Å². The van der Waals surface area contributed by atoms with E-state index in [1.807, 2.05) is 11.3 Å². The predicted octanol–water partition coefficient (Wildman–Crippen LogP) is 4.06. The maximum atomic E-state index is 3.53. The molecule has 1 atom stereocenters. The molecule has 118 valence electrons. The number of rotatable bonds is 3. The second-order valence-corrected chi connectivity index (χ2v) is 7.37. The molecule has 2 aromatic rings. The lowest BCUT2D eigenvalue weighted by molar-refractivity contribution is 0.243. The van der Waals surface area contributed by atoms with E-state index in [1.54, 1.807) is 0 Å². The number of hydrogen-bond acceptors (Lipinski definition) is 3. The van der Waals surface area contributed by atoms with Gasteiger partial charge in [0.25, 0.3) is 0 Å². The fourth-order valence-electron chi connectivity index (χ4n) is 3.38. The third kappa shape index (κ3) is 3.43. The predicted molar refractivity (Wildman–Crippen MR) is 95.9 cm³/mol. The Kier molecular flexibility index (Phi) is 4.97. The smallest absolute Gasteiger partial charge is 0.0699 e. The van der Waals surface area contributed by atoms with Crippen molar-refractivity contribution in [2.24, 2.45) is 0 Å². The molecule has 1 N–H and O–H groups in total. The summed E-state index contributed by atoms with van der Waals surface area (Å²) >= 11 is 1.90. The molecule has 2 nitrogen and oxygen atoms in total. The minimum atomic E-state index is 0.402. The molecule has 3 rings (SSSR count). The van der Waals surface area contributed by atoms with E-state index in [2.05, 4.69) is 60.6 Å². The third-order valence-electron chi connectivity index (χ3n) is 4.48. The quantitative estimate of drug-likeness (QED) is 0.919. The molecule has 0 spiro atoms. The molecule has 1 unspecified atom stereocenters. The summed E-state index contributed by atoms with van der Waals surface area (Å²) in [5.41, 5.74) is 5.60. The molecular formula is C19H26N2S. The Hall–Kier alpha value is -1.16. The van der Waals surface area contributed by atoms with E-state index in [0.29, 0.717) is 6.04 Å². The highest BCUT2D eigenvalue weighted by Gasteiger charge is 2.25. The van der Waals surface area contributed by atoms with Crippen LogP contribution in [-0.4, -0.2) is 31.1 Å². The van der Waals surface area contributed by atoms with Gasteiger partial charge in [0, 0.05) is 24.5 Å². The molecule has 0 saturated carbocycles. The van der Waals surface area contributed by atoms with Crippen LogP contribution in [0.5, 0.6) is 0 Å². The van der Waals surface area contributed by atoms with Gasteiger partial charge < -0.3 is 5.32 Å². The molecule has 1 saturated heterocycles. The summed E-state index contributed by atoms with van der Waals surface area (Å²) in [6, 6.07) is 9.68. The summed E-state index contributed by atoms with van der Waals surface area (Å²) in [7, 11) is 0. The first-order valence-corrected chi connectivity index (χ1v) is 9.10. The normalized spacial score (nSPS) is 18.1. The van der Waals surface area contributed by atoms with Crippen molar-refractivity contribution in [2.75, 3.05) is 26.2 Å². The highest BCUT2D eigenvalue weighted by Crippen LogP contribution is 2.35. The number of hydrogen-bond donors (Lipinski definition) is 1. The zero-order valence-corrected chi connectivity index (χ0v) is 14.7. The number of benzene rings is 1. The Morgan fingerprint density at radius 3 is 2.64 bits per heavy atom. The number of nitrogens with zero attached hydrogens (tertiary/aromatic N) is 1. The molecule has 1 aromatic heterocycles. The van der Waals surface area contributed by atoms with Crippen molar-refractivity contribution in [1.29, 1.82) is 0 Å². The van der Waals surface area contributed by atoms with E-state index in [4.69, 9.17) is 0 Å². The van der Waals surface area contributed by atoms with Crippen LogP contribution in [0.4, 0.5) is 0 Å². The van der Waals surface area contributed by atoms with Gasteiger partial charge in [-0.2, -0.15) is 0 Å². The summed E-state index contributed by atoms with van der Waals surface area (Å²) in [6.45, 7) is 11.1. The zero-order chi connectivity index (χ0) is 15.5. The van der Waals surface area contributed by atoms with Crippen molar-refractivity contribution in [3.63, 3.8) is 0 Å². The third-order valence-corrected chi connectivity index (χ3v) is 5.58. The maximum Gasteiger partial charge on any atom is 0.0699 e. The number of aryl methyl sites for hydroxylation is 3. The van der Waals surface area contributed by atoms with Gasteiger partial charge in [-0.15, -0.1) is 11.3 Å². The average Bonchev–Trinajstić information content (AvgIpc) is 2.74. The highest BCUT2D eigenvalue weighted by molar-refractivity contribution is 7.10. The molecular weight excluding hydrogens is 288 g/mol. The molecule has 1 fully saturated rings. The number of thiophene rings is 1. The summed E-state index contributed by atoms with van der Waals surface area (Å²) in [5.74, 6) is 0. The van der Waals surface area contributed by atoms with Crippen LogP contribution in [-0.2, 0) is 0 Å². The maximum absolute atomic E-state index is 3.53. The molecule has 1 aromatic carbocycles. The average molecular weight is 314 g/mol. The van der Waals surface area contributed by atoms with Crippen LogP contribution in [0.1, 0.15) is 39.6 Å². The van der Waals surface area contributed by atoms with Gasteiger partial charge in [-0.25, -0.2) is 0 Å².